The van der Waals surface area contributed by atoms with Gasteiger partial charge in [0, 0.05) is 12.1 Å². The monoisotopic (exact) mass is 291 g/mol. The fraction of sp³-hybridized carbons (Fsp3) is 0.286. The molecule has 0 unspecified atom stereocenters. The standard InChI is InChI=1S/C14H17N3O4/c1-9-6-13(17-21-9)16-14(18)8-15-11-5-4-10(19-2)7-12(11)20-3/h4-7,15H,8H2,1-3H3,(H,16,17,18). The molecule has 2 N–H and O–H groups in total. The lowest BCUT2D eigenvalue weighted by Crippen LogP contribution is -2.22. The molecule has 0 saturated heterocycles. The number of benzene rings is 1. The van der Waals surface area contributed by atoms with Crippen LogP contribution >= 0.6 is 0 Å². The summed E-state index contributed by atoms with van der Waals surface area (Å²) in [6.07, 6.45) is 0. The highest BCUT2D eigenvalue weighted by atomic mass is 16.5. The molecule has 0 bridgehead atoms. The number of carbonyl (C=O) groups excluding carboxylic acids is 1. The molecule has 0 aliphatic carbocycles. The highest BCUT2D eigenvalue weighted by molar-refractivity contribution is 5.93. The van der Waals surface area contributed by atoms with Gasteiger partial charge >= 0.3 is 0 Å². The van der Waals surface area contributed by atoms with Gasteiger partial charge in [-0.2, -0.15) is 0 Å². The summed E-state index contributed by atoms with van der Waals surface area (Å²) in [5.41, 5.74) is 0.699. The number of carbonyl (C=O) groups is 1. The van der Waals surface area contributed by atoms with Crippen LogP contribution in [-0.2, 0) is 4.79 Å². The number of nitrogens with zero attached hydrogens (tertiary/aromatic N) is 1. The van der Waals surface area contributed by atoms with E-state index in [9.17, 15) is 4.79 Å². The molecule has 0 fully saturated rings. The molecule has 7 heteroatoms. The van der Waals surface area contributed by atoms with Crippen molar-refractivity contribution in [2.45, 2.75) is 6.92 Å². The van der Waals surface area contributed by atoms with Gasteiger partial charge in [0.25, 0.3) is 0 Å². The van der Waals surface area contributed by atoms with Crippen LogP contribution in [0.1, 0.15) is 5.76 Å². The second kappa shape index (κ2) is 6.65. The number of rotatable bonds is 6. The largest absolute Gasteiger partial charge is 0.497 e. The Kier molecular flexibility index (Phi) is 4.65. The minimum atomic E-state index is -0.235. The average Bonchev–Trinajstić information content (AvgIpc) is 2.90. The van der Waals surface area contributed by atoms with Crippen LogP contribution in [0.25, 0.3) is 0 Å². The first-order valence-corrected chi connectivity index (χ1v) is 6.31. The normalized spacial score (nSPS) is 10.0. The first kappa shape index (κ1) is 14.7. The van der Waals surface area contributed by atoms with Crippen LogP contribution in [0.15, 0.2) is 28.8 Å². The number of ether oxygens (including phenoxy) is 2. The summed E-state index contributed by atoms with van der Waals surface area (Å²) < 4.78 is 15.2. The maximum atomic E-state index is 11.8. The van der Waals surface area contributed by atoms with Crippen molar-refractivity contribution in [2.75, 3.05) is 31.4 Å². The van der Waals surface area contributed by atoms with Crippen LogP contribution in [0.2, 0.25) is 0 Å². The van der Waals surface area contributed by atoms with Crippen molar-refractivity contribution in [1.82, 2.24) is 5.16 Å². The third-order valence-electron chi connectivity index (χ3n) is 2.74. The van der Waals surface area contributed by atoms with E-state index >= 15 is 0 Å². The third-order valence-corrected chi connectivity index (χ3v) is 2.74. The van der Waals surface area contributed by atoms with E-state index in [0.29, 0.717) is 28.8 Å². The zero-order valence-electron chi connectivity index (χ0n) is 12.1. The number of aryl methyl sites for hydroxylation is 1. The molecule has 0 aliphatic rings. The predicted molar refractivity (Wildman–Crippen MR) is 77.9 cm³/mol. The molecule has 2 rings (SSSR count). The lowest BCUT2D eigenvalue weighted by molar-refractivity contribution is -0.114. The van der Waals surface area contributed by atoms with Gasteiger partial charge in [-0.3, -0.25) is 4.79 Å². The fourth-order valence-corrected chi connectivity index (χ4v) is 1.73. The van der Waals surface area contributed by atoms with Crippen molar-refractivity contribution in [3.05, 3.63) is 30.0 Å². The summed E-state index contributed by atoms with van der Waals surface area (Å²) >= 11 is 0. The van der Waals surface area contributed by atoms with Crippen molar-refractivity contribution in [3.8, 4) is 11.5 Å². The minimum absolute atomic E-state index is 0.0780. The fourth-order valence-electron chi connectivity index (χ4n) is 1.73. The van der Waals surface area contributed by atoms with Gasteiger partial charge in [0.1, 0.15) is 17.3 Å². The van der Waals surface area contributed by atoms with E-state index in [2.05, 4.69) is 15.8 Å². The molecule has 21 heavy (non-hydrogen) atoms. The van der Waals surface area contributed by atoms with E-state index in [1.807, 2.05) is 0 Å². The van der Waals surface area contributed by atoms with E-state index < -0.39 is 0 Å². The van der Waals surface area contributed by atoms with Crippen LogP contribution in [0.3, 0.4) is 0 Å². The number of methoxy groups -OCH3 is 2. The van der Waals surface area contributed by atoms with Crippen molar-refractivity contribution in [3.63, 3.8) is 0 Å². The van der Waals surface area contributed by atoms with Gasteiger partial charge in [-0.15, -0.1) is 0 Å². The summed E-state index contributed by atoms with van der Waals surface area (Å²) in [5.74, 6) is 2.07. The predicted octanol–water partition coefficient (Wildman–Crippen LogP) is 2.05. The van der Waals surface area contributed by atoms with E-state index in [1.54, 1.807) is 45.4 Å². The Balaban J connectivity index is 1.94. The summed E-state index contributed by atoms with van der Waals surface area (Å²) in [4.78, 5) is 11.8. The molecule has 0 aliphatic heterocycles. The molecule has 0 saturated carbocycles. The number of amides is 1. The number of hydrogen-bond donors (Lipinski definition) is 2. The Morgan fingerprint density at radius 1 is 1.29 bits per heavy atom. The van der Waals surface area contributed by atoms with Crippen molar-refractivity contribution in [2.24, 2.45) is 0 Å². The second-order valence-corrected chi connectivity index (χ2v) is 4.29. The summed E-state index contributed by atoms with van der Waals surface area (Å²) in [5, 5.41) is 9.30. The molecule has 0 spiro atoms. The van der Waals surface area contributed by atoms with Crippen molar-refractivity contribution in [1.29, 1.82) is 0 Å². The van der Waals surface area contributed by atoms with E-state index in [4.69, 9.17) is 14.0 Å². The topological polar surface area (TPSA) is 85.6 Å². The molecule has 1 amide bonds. The molecule has 7 nitrogen and oxygen atoms in total. The lowest BCUT2D eigenvalue weighted by atomic mass is 10.2. The summed E-state index contributed by atoms with van der Waals surface area (Å²) in [6, 6.07) is 6.95. The van der Waals surface area contributed by atoms with Crippen LogP contribution in [0.5, 0.6) is 11.5 Å². The number of hydrogen-bond acceptors (Lipinski definition) is 6. The van der Waals surface area contributed by atoms with Crippen molar-refractivity contribution < 1.29 is 18.8 Å². The zero-order chi connectivity index (χ0) is 15.2. The molecule has 1 aromatic heterocycles. The third kappa shape index (κ3) is 3.88. The SMILES string of the molecule is COc1ccc(NCC(=O)Nc2cc(C)on2)c(OC)c1. The number of nitrogens with one attached hydrogen (secondary N) is 2. The van der Waals surface area contributed by atoms with Crippen LogP contribution < -0.4 is 20.1 Å². The van der Waals surface area contributed by atoms with Crippen LogP contribution in [0.4, 0.5) is 11.5 Å². The maximum Gasteiger partial charge on any atom is 0.244 e. The Morgan fingerprint density at radius 2 is 2.10 bits per heavy atom. The number of anilines is 2. The quantitative estimate of drug-likeness (QED) is 0.847. The van der Waals surface area contributed by atoms with E-state index in [-0.39, 0.29) is 12.5 Å². The second-order valence-electron chi connectivity index (χ2n) is 4.29. The lowest BCUT2D eigenvalue weighted by Gasteiger charge is -2.12. The first-order valence-electron chi connectivity index (χ1n) is 6.31. The van der Waals surface area contributed by atoms with Crippen LogP contribution in [0, 0.1) is 6.92 Å². The van der Waals surface area contributed by atoms with Gasteiger partial charge in [0.05, 0.1) is 26.5 Å². The summed E-state index contributed by atoms with van der Waals surface area (Å²) in [6.45, 7) is 1.83. The molecule has 1 aromatic carbocycles. The Morgan fingerprint density at radius 3 is 2.71 bits per heavy atom. The summed E-state index contributed by atoms with van der Waals surface area (Å²) in [7, 11) is 3.13. The minimum Gasteiger partial charge on any atom is -0.497 e. The molecule has 2 aromatic rings. The zero-order valence-corrected chi connectivity index (χ0v) is 12.1. The van der Waals surface area contributed by atoms with E-state index in [0.717, 1.165) is 0 Å². The smallest absolute Gasteiger partial charge is 0.244 e. The highest BCUT2D eigenvalue weighted by Crippen LogP contribution is 2.28. The Labute approximate surface area is 122 Å². The molecule has 1 heterocycles. The molecular weight excluding hydrogens is 274 g/mol. The molecule has 112 valence electrons. The molecule has 0 atom stereocenters. The maximum absolute atomic E-state index is 11.8. The van der Waals surface area contributed by atoms with Gasteiger partial charge in [-0.05, 0) is 19.1 Å². The van der Waals surface area contributed by atoms with Crippen molar-refractivity contribution >= 4 is 17.4 Å². The molecule has 0 radical (unpaired) electrons. The van der Waals surface area contributed by atoms with Gasteiger partial charge in [0.2, 0.25) is 5.91 Å². The Bertz CT molecular complexity index is 624. The first-order chi connectivity index (χ1) is 10.1. The molecular formula is C14H17N3O4. The van der Waals surface area contributed by atoms with Gasteiger partial charge in [0.15, 0.2) is 5.82 Å². The van der Waals surface area contributed by atoms with E-state index in [1.165, 1.54) is 0 Å². The van der Waals surface area contributed by atoms with Crippen LogP contribution in [-0.4, -0.2) is 31.8 Å². The van der Waals surface area contributed by atoms with Gasteiger partial charge < -0.3 is 24.6 Å². The highest BCUT2D eigenvalue weighted by Gasteiger charge is 2.09. The van der Waals surface area contributed by atoms with Gasteiger partial charge in [-0.1, -0.05) is 5.16 Å². The average molecular weight is 291 g/mol. The van der Waals surface area contributed by atoms with Gasteiger partial charge in [-0.25, -0.2) is 0 Å². The number of aromatic nitrogens is 1. The Hall–Kier alpha value is -2.70.